The van der Waals surface area contributed by atoms with Gasteiger partial charge in [0.25, 0.3) is 0 Å². The van der Waals surface area contributed by atoms with Crippen LogP contribution in [-0.2, 0) is 6.54 Å². The van der Waals surface area contributed by atoms with Crippen molar-refractivity contribution in [1.82, 2.24) is 10.2 Å². The van der Waals surface area contributed by atoms with Crippen LogP contribution in [0.3, 0.4) is 0 Å². The number of piperidine rings is 1. The summed E-state index contributed by atoms with van der Waals surface area (Å²) < 4.78 is 19.0. The molecule has 0 atom stereocenters. The van der Waals surface area contributed by atoms with Crippen LogP contribution in [0, 0.1) is 11.7 Å². The third-order valence-electron chi connectivity index (χ3n) is 3.90. The monoisotopic (exact) mass is 280 g/mol. The minimum atomic E-state index is -0.255. The van der Waals surface area contributed by atoms with Gasteiger partial charge in [-0.05, 0) is 70.1 Å². The van der Waals surface area contributed by atoms with E-state index in [2.05, 4.69) is 10.2 Å². The third-order valence-corrected chi connectivity index (χ3v) is 3.90. The van der Waals surface area contributed by atoms with Gasteiger partial charge in [0, 0.05) is 6.54 Å². The molecule has 0 amide bonds. The Morgan fingerprint density at radius 1 is 1.35 bits per heavy atom. The van der Waals surface area contributed by atoms with Gasteiger partial charge in [0.2, 0.25) is 0 Å². The van der Waals surface area contributed by atoms with Crippen molar-refractivity contribution < 1.29 is 9.13 Å². The molecule has 0 saturated carbocycles. The van der Waals surface area contributed by atoms with E-state index in [9.17, 15) is 4.39 Å². The number of nitrogens with one attached hydrogen (secondary N) is 1. The Kier molecular flexibility index (Phi) is 5.80. The molecule has 0 spiro atoms. The van der Waals surface area contributed by atoms with Crippen molar-refractivity contribution in [3.8, 4) is 5.75 Å². The molecule has 1 aliphatic heterocycles. The van der Waals surface area contributed by atoms with Crippen molar-refractivity contribution in [1.29, 1.82) is 0 Å². The van der Waals surface area contributed by atoms with Crippen LogP contribution in [0.4, 0.5) is 4.39 Å². The van der Waals surface area contributed by atoms with Gasteiger partial charge < -0.3 is 10.1 Å². The molecule has 112 valence electrons. The predicted octanol–water partition coefficient (Wildman–Crippen LogP) is 2.66. The number of rotatable bonds is 6. The van der Waals surface area contributed by atoms with E-state index in [0.29, 0.717) is 12.4 Å². The van der Waals surface area contributed by atoms with Gasteiger partial charge in [-0.3, -0.25) is 4.90 Å². The van der Waals surface area contributed by atoms with Gasteiger partial charge in [-0.15, -0.1) is 0 Å². The quantitative estimate of drug-likeness (QED) is 0.867. The highest BCUT2D eigenvalue weighted by Crippen LogP contribution is 2.22. The first-order chi connectivity index (χ1) is 9.72. The number of hydrogen-bond donors (Lipinski definition) is 1. The van der Waals surface area contributed by atoms with E-state index in [1.165, 1.54) is 12.8 Å². The maximum Gasteiger partial charge on any atom is 0.165 e. The van der Waals surface area contributed by atoms with Crippen molar-refractivity contribution in [3.05, 3.63) is 29.6 Å². The van der Waals surface area contributed by atoms with E-state index in [0.717, 1.165) is 37.7 Å². The van der Waals surface area contributed by atoms with Gasteiger partial charge in [0.15, 0.2) is 11.6 Å². The molecular weight excluding hydrogens is 255 g/mol. The summed E-state index contributed by atoms with van der Waals surface area (Å²) in [6.45, 7) is 6.49. The molecular formula is C16H25FN2O. The molecule has 1 aromatic rings. The lowest BCUT2D eigenvalue weighted by atomic mass is 9.96. The highest BCUT2D eigenvalue weighted by molar-refractivity contribution is 5.29. The molecule has 1 aromatic carbocycles. The van der Waals surface area contributed by atoms with Gasteiger partial charge in [0.05, 0.1) is 6.61 Å². The summed E-state index contributed by atoms with van der Waals surface area (Å²) in [5, 5.41) is 3.25. The zero-order valence-corrected chi connectivity index (χ0v) is 12.5. The number of halogens is 1. The molecule has 2 rings (SSSR count). The topological polar surface area (TPSA) is 24.5 Å². The fraction of sp³-hybridized carbons (Fsp3) is 0.625. The van der Waals surface area contributed by atoms with Gasteiger partial charge in [-0.2, -0.15) is 0 Å². The Bertz CT molecular complexity index is 417. The molecule has 20 heavy (non-hydrogen) atoms. The summed E-state index contributed by atoms with van der Waals surface area (Å²) in [5.41, 5.74) is 1.03. The van der Waals surface area contributed by atoms with Crippen LogP contribution in [0.2, 0.25) is 0 Å². The van der Waals surface area contributed by atoms with Gasteiger partial charge in [0.1, 0.15) is 0 Å². The summed E-state index contributed by atoms with van der Waals surface area (Å²) in [6, 6.07) is 5.31. The number of hydrogen-bond acceptors (Lipinski definition) is 3. The van der Waals surface area contributed by atoms with Gasteiger partial charge in [-0.1, -0.05) is 6.07 Å². The van der Waals surface area contributed by atoms with E-state index in [-0.39, 0.29) is 5.82 Å². The first-order valence-corrected chi connectivity index (χ1v) is 7.51. The van der Waals surface area contributed by atoms with Crippen molar-refractivity contribution in [2.45, 2.75) is 26.3 Å². The predicted molar refractivity (Wildman–Crippen MR) is 79.5 cm³/mol. The molecule has 1 heterocycles. The highest BCUT2D eigenvalue weighted by atomic mass is 19.1. The van der Waals surface area contributed by atoms with Crippen LogP contribution in [0.5, 0.6) is 5.75 Å². The van der Waals surface area contributed by atoms with E-state index in [1.807, 2.05) is 20.0 Å². The summed E-state index contributed by atoms with van der Waals surface area (Å²) in [7, 11) is 2.01. The van der Waals surface area contributed by atoms with E-state index in [1.54, 1.807) is 12.1 Å². The van der Waals surface area contributed by atoms with E-state index >= 15 is 0 Å². The van der Waals surface area contributed by atoms with Crippen LogP contribution in [0.15, 0.2) is 18.2 Å². The highest BCUT2D eigenvalue weighted by Gasteiger charge is 2.18. The number of benzene rings is 1. The van der Waals surface area contributed by atoms with Crippen LogP contribution >= 0.6 is 0 Å². The summed E-state index contributed by atoms with van der Waals surface area (Å²) in [6.07, 6.45) is 2.45. The normalized spacial score (nSPS) is 17.4. The lowest BCUT2D eigenvalue weighted by molar-refractivity contribution is 0.176. The molecule has 1 fully saturated rings. The lowest BCUT2D eigenvalue weighted by Crippen LogP contribution is -2.36. The third kappa shape index (κ3) is 4.18. The largest absolute Gasteiger partial charge is 0.491 e. The molecule has 0 radical (unpaired) electrons. The number of likely N-dealkylation sites (tertiary alicyclic amines) is 1. The summed E-state index contributed by atoms with van der Waals surface area (Å²) in [4.78, 5) is 2.40. The van der Waals surface area contributed by atoms with Crippen LogP contribution in [-0.4, -0.2) is 38.2 Å². The Morgan fingerprint density at radius 2 is 2.10 bits per heavy atom. The molecule has 3 nitrogen and oxygen atoms in total. The first-order valence-electron chi connectivity index (χ1n) is 7.51. The van der Waals surface area contributed by atoms with E-state index < -0.39 is 0 Å². The Balaban J connectivity index is 1.86. The summed E-state index contributed by atoms with van der Waals surface area (Å²) >= 11 is 0. The van der Waals surface area contributed by atoms with Crippen molar-refractivity contribution in [2.75, 3.05) is 33.3 Å². The molecule has 1 saturated heterocycles. The SMILES string of the molecule is CCOc1ccc(CN2CCC(CNC)CC2)cc1F. The Morgan fingerprint density at radius 3 is 2.70 bits per heavy atom. The molecule has 0 bridgehead atoms. The average molecular weight is 280 g/mol. The second kappa shape index (κ2) is 7.60. The van der Waals surface area contributed by atoms with Crippen LogP contribution < -0.4 is 10.1 Å². The molecule has 0 aliphatic carbocycles. The zero-order chi connectivity index (χ0) is 14.4. The number of nitrogens with zero attached hydrogens (tertiary/aromatic N) is 1. The fourth-order valence-electron chi connectivity index (χ4n) is 2.81. The molecule has 0 unspecified atom stereocenters. The second-order valence-electron chi connectivity index (χ2n) is 5.47. The lowest BCUT2D eigenvalue weighted by Gasteiger charge is -2.31. The first kappa shape index (κ1) is 15.3. The standard InChI is InChI=1S/C16H25FN2O/c1-3-20-16-5-4-14(10-15(16)17)12-19-8-6-13(7-9-19)11-18-2/h4-5,10,13,18H,3,6-9,11-12H2,1-2H3. The fourth-order valence-corrected chi connectivity index (χ4v) is 2.81. The van der Waals surface area contributed by atoms with Gasteiger partial charge >= 0.3 is 0 Å². The van der Waals surface area contributed by atoms with Crippen LogP contribution in [0.25, 0.3) is 0 Å². The summed E-state index contributed by atoms with van der Waals surface area (Å²) in [5.74, 6) is 0.881. The van der Waals surface area contributed by atoms with E-state index in [4.69, 9.17) is 4.74 Å². The minimum absolute atomic E-state index is 0.255. The second-order valence-corrected chi connectivity index (χ2v) is 5.47. The van der Waals surface area contributed by atoms with Crippen LogP contribution in [0.1, 0.15) is 25.3 Å². The molecule has 4 heteroatoms. The molecule has 1 aliphatic rings. The Hall–Kier alpha value is -1.13. The molecule has 1 N–H and O–H groups in total. The van der Waals surface area contributed by atoms with Gasteiger partial charge in [-0.25, -0.2) is 4.39 Å². The number of ether oxygens (including phenoxy) is 1. The maximum atomic E-state index is 13.8. The van der Waals surface area contributed by atoms with Crippen molar-refractivity contribution in [3.63, 3.8) is 0 Å². The Labute approximate surface area is 121 Å². The van der Waals surface area contributed by atoms with Crippen molar-refractivity contribution >= 4 is 0 Å². The molecule has 0 aromatic heterocycles. The zero-order valence-electron chi connectivity index (χ0n) is 12.5. The smallest absolute Gasteiger partial charge is 0.165 e. The average Bonchev–Trinajstić information content (AvgIpc) is 2.44. The van der Waals surface area contributed by atoms with Crippen molar-refractivity contribution in [2.24, 2.45) is 5.92 Å². The maximum absolute atomic E-state index is 13.8. The minimum Gasteiger partial charge on any atom is -0.491 e.